The average molecular weight is 338 g/mol. The van der Waals surface area contributed by atoms with E-state index >= 15 is 0 Å². The number of halogens is 1. The van der Waals surface area contributed by atoms with Gasteiger partial charge in [-0.15, -0.1) is 0 Å². The number of rotatable bonds is 6. The first-order chi connectivity index (χ1) is 8.71. The van der Waals surface area contributed by atoms with Crippen LogP contribution in [0.2, 0.25) is 0 Å². The Morgan fingerprint density at radius 1 is 1.32 bits per heavy atom. The van der Waals surface area contributed by atoms with E-state index in [9.17, 15) is 9.59 Å². The first-order valence-corrected chi connectivity index (χ1v) is 7.55. The summed E-state index contributed by atoms with van der Waals surface area (Å²) in [6.07, 6.45) is 0.151. The second-order valence-corrected chi connectivity index (χ2v) is 6.16. The Bertz CT molecular complexity index is 302. The van der Waals surface area contributed by atoms with Crippen LogP contribution < -0.4 is 5.32 Å². The van der Waals surface area contributed by atoms with Crippen LogP contribution in [0.3, 0.4) is 0 Å². The maximum atomic E-state index is 11.9. The molecule has 0 bridgehead atoms. The number of nitrogens with one attached hydrogen (secondary N) is 1. The van der Waals surface area contributed by atoms with E-state index in [-0.39, 0.29) is 12.5 Å². The quantitative estimate of drug-likeness (QED) is 0.597. The molecule has 0 fully saturated rings. The Kier molecular flexibility index (Phi) is 8.06. The van der Waals surface area contributed by atoms with Crippen LogP contribution in [0.5, 0.6) is 0 Å². The standard InChI is InChI=1S/C13H24BrNO4/c1-6-9(2)10(11(16)18-8-7-14)15-12(17)19-13(3,4)5/h9-10H,6-8H2,1-5H3,(H,15,17)/t9-,10-/m0/s1. The molecule has 0 unspecified atom stereocenters. The molecule has 0 heterocycles. The second-order valence-electron chi connectivity index (χ2n) is 5.37. The highest BCUT2D eigenvalue weighted by Crippen LogP contribution is 2.12. The molecule has 1 amide bonds. The van der Waals surface area contributed by atoms with Crippen molar-refractivity contribution in [3.63, 3.8) is 0 Å². The third-order valence-corrected chi connectivity index (χ3v) is 2.78. The molecule has 6 heteroatoms. The van der Waals surface area contributed by atoms with Crippen LogP contribution in [0.1, 0.15) is 41.0 Å². The zero-order chi connectivity index (χ0) is 15.1. The van der Waals surface area contributed by atoms with Crippen molar-refractivity contribution >= 4 is 28.0 Å². The van der Waals surface area contributed by atoms with Gasteiger partial charge in [0.15, 0.2) is 0 Å². The fourth-order valence-electron chi connectivity index (χ4n) is 1.33. The van der Waals surface area contributed by atoms with Gasteiger partial charge >= 0.3 is 12.1 Å². The zero-order valence-corrected chi connectivity index (χ0v) is 13.9. The maximum Gasteiger partial charge on any atom is 0.408 e. The number of amides is 1. The monoisotopic (exact) mass is 337 g/mol. The minimum Gasteiger partial charge on any atom is -0.463 e. The SMILES string of the molecule is CC[C@H](C)[C@H](NC(=O)OC(C)(C)C)C(=O)OCCBr. The lowest BCUT2D eigenvalue weighted by molar-refractivity contribution is -0.146. The molecule has 1 N–H and O–H groups in total. The number of carbonyl (C=O) groups is 2. The molecule has 0 aromatic heterocycles. The van der Waals surface area contributed by atoms with E-state index < -0.39 is 23.7 Å². The van der Waals surface area contributed by atoms with Crippen LogP contribution in [0.15, 0.2) is 0 Å². The minimum absolute atomic E-state index is 0.0182. The van der Waals surface area contributed by atoms with Gasteiger partial charge in [-0.2, -0.15) is 0 Å². The molecule has 2 atom stereocenters. The summed E-state index contributed by atoms with van der Waals surface area (Å²) in [7, 11) is 0. The molecule has 0 aliphatic heterocycles. The van der Waals surface area contributed by atoms with Gasteiger partial charge in [0.2, 0.25) is 0 Å². The number of esters is 1. The molecule has 0 aromatic rings. The van der Waals surface area contributed by atoms with E-state index in [1.807, 2.05) is 13.8 Å². The molecule has 5 nitrogen and oxygen atoms in total. The van der Waals surface area contributed by atoms with Gasteiger partial charge < -0.3 is 14.8 Å². The molecule has 112 valence electrons. The minimum atomic E-state index is -0.682. The van der Waals surface area contributed by atoms with Gasteiger partial charge in [0.05, 0.1) is 0 Å². The van der Waals surface area contributed by atoms with Crippen LogP contribution >= 0.6 is 15.9 Å². The van der Waals surface area contributed by atoms with Gasteiger partial charge in [-0.25, -0.2) is 9.59 Å². The zero-order valence-electron chi connectivity index (χ0n) is 12.3. The number of ether oxygens (including phenoxy) is 2. The van der Waals surface area contributed by atoms with E-state index in [0.717, 1.165) is 6.42 Å². The van der Waals surface area contributed by atoms with E-state index in [1.54, 1.807) is 20.8 Å². The van der Waals surface area contributed by atoms with Crippen molar-refractivity contribution in [3.8, 4) is 0 Å². The van der Waals surface area contributed by atoms with Crippen molar-refractivity contribution in [2.24, 2.45) is 5.92 Å². The molecule has 0 saturated heterocycles. The lowest BCUT2D eigenvalue weighted by Crippen LogP contribution is -2.47. The number of alkyl carbamates (subject to hydrolysis) is 1. The Morgan fingerprint density at radius 3 is 2.32 bits per heavy atom. The number of hydrogen-bond acceptors (Lipinski definition) is 4. The third-order valence-electron chi connectivity index (χ3n) is 2.46. The summed E-state index contributed by atoms with van der Waals surface area (Å²) >= 11 is 3.18. The molecule has 0 aliphatic carbocycles. The maximum absolute atomic E-state index is 11.9. The van der Waals surface area contributed by atoms with Crippen LogP contribution in [0.25, 0.3) is 0 Å². The summed E-state index contributed by atoms with van der Waals surface area (Å²) in [4.78, 5) is 23.6. The lowest BCUT2D eigenvalue weighted by Gasteiger charge is -2.25. The highest BCUT2D eigenvalue weighted by atomic mass is 79.9. The van der Waals surface area contributed by atoms with Gasteiger partial charge in [-0.3, -0.25) is 0 Å². The summed E-state index contributed by atoms with van der Waals surface area (Å²) in [6, 6.07) is -0.682. The summed E-state index contributed by atoms with van der Waals surface area (Å²) in [6.45, 7) is 9.43. The molecular formula is C13H24BrNO4. The topological polar surface area (TPSA) is 64.6 Å². The van der Waals surface area contributed by atoms with Gasteiger partial charge in [0, 0.05) is 5.33 Å². The summed E-state index contributed by atoms with van der Waals surface area (Å²) in [5, 5.41) is 3.15. The van der Waals surface area contributed by atoms with Crippen LogP contribution in [-0.2, 0) is 14.3 Å². The summed E-state index contributed by atoms with van der Waals surface area (Å²) < 4.78 is 10.2. The van der Waals surface area contributed by atoms with Gasteiger partial charge in [0.1, 0.15) is 18.2 Å². The third kappa shape index (κ3) is 8.08. The van der Waals surface area contributed by atoms with E-state index in [0.29, 0.717) is 5.33 Å². The number of hydrogen-bond donors (Lipinski definition) is 1. The number of carbonyl (C=O) groups excluding carboxylic acids is 2. The Balaban J connectivity index is 4.60. The van der Waals surface area contributed by atoms with E-state index in [2.05, 4.69) is 21.2 Å². The Labute approximate surface area is 123 Å². The smallest absolute Gasteiger partial charge is 0.408 e. The lowest BCUT2D eigenvalue weighted by atomic mass is 9.99. The molecule has 0 saturated carbocycles. The predicted octanol–water partition coefficient (Wildman–Crippen LogP) is 2.86. The molecule has 0 rings (SSSR count). The van der Waals surface area contributed by atoms with Crippen molar-refractivity contribution in [1.29, 1.82) is 0 Å². The van der Waals surface area contributed by atoms with Crippen molar-refractivity contribution in [1.82, 2.24) is 5.32 Å². The molecule has 0 aromatic carbocycles. The fourth-order valence-corrected chi connectivity index (χ4v) is 1.49. The molecule has 19 heavy (non-hydrogen) atoms. The first kappa shape index (κ1) is 18.2. The highest BCUT2D eigenvalue weighted by molar-refractivity contribution is 9.09. The van der Waals surface area contributed by atoms with Crippen molar-refractivity contribution in [2.45, 2.75) is 52.7 Å². The predicted molar refractivity (Wildman–Crippen MR) is 77.4 cm³/mol. The first-order valence-electron chi connectivity index (χ1n) is 6.43. The van der Waals surface area contributed by atoms with Gasteiger partial charge in [0.25, 0.3) is 0 Å². The Morgan fingerprint density at radius 2 is 1.89 bits per heavy atom. The average Bonchev–Trinajstić information content (AvgIpc) is 2.29. The van der Waals surface area contributed by atoms with E-state index in [4.69, 9.17) is 9.47 Å². The normalized spacial score (nSPS) is 14.4. The van der Waals surface area contributed by atoms with Crippen LogP contribution in [0.4, 0.5) is 4.79 Å². The van der Waals surface area contributed by atoms with Crippen molar-refractivity contribution < 1.29 is 19.1 Å². The molecule has 0 aliphatic rings. The van der Waals surface area contributed by atoms with E-state index in [1.165, 1.54) is 0 Å². The highest BCUT2D eigenvalue weighted by Gasteiger charge is 2.29. The molecule has 0 spiro atoms. The largest absolute Gasteiger partial charge is 0.463 e. The van der Waals surface area contributed by atoms with Crippen LogP contribution in [-0.4, -0.2) is 35.6 Å². The Hall–Kier alpha value is -0.780. The molecule has 0 radical (unpaired) electrons. The van der Waals surface area contributed by atoms with Crippen molar-refractivity contribution in [3.05, 3.63) is 0 Å². The van der Waals surface area contributed by atoms with Crippen molar-refractivity contribution in [2.75, 3.05) is 11.9 Å². The number of alkyl halides is 1. The molecular weight excluding hydrogens is 314 g/mol. The van der Waals surface area contributed by atoms with Gasteiger partial charge in [-0.1, -0.05) is 36.2 Å². The van der Waals surface area contributed by atoms with Crippen LogP contribution in [0, 0.1) is 5.92 Å². The van der Waals surface area contributed by atoms with Gasteiger partial charge in [-0.05, 0) is 26.7 Å². The summed E-state index contributed by atoms with van der Waals surface area (Å²) in [5.74, 6) is -0.449. The fraction of sp³-hybridized carbons (Fsp3) is 0.846. The summed E-state index contributed by atoms with van der Waals surface area (Å²) in [5.41, 5.74) is -0.593. The second kappa shape index (κ2) is 8.40.